The topological polar surface area (TPSA) is 72.2 Å². The fraction of sp³-hybridized carbons (Fsp3) is 0.714. The summed E-state index contributed by atoms with van der Waals surface area (Å²) >= 11 is 5.89. The Balaban J connectivity index is 2.31. The molecule has 21 heavy (non-hydrogen) atoms. The Bertz CT molecular complexity index is 536. The molecule has 0 aliphatic carbocycles. The summed E-state index contributed by atoms with van der Waals surface area (Å²) in [6.45, 7) is 7.61. The number of halogens is 1. The third kappa shape index (κ3) is 3.61. The van der Waals surface area contributed by atoms with Crippen LogP contribution in [0.15, 0.2) is 0 Å². The zero-order chi connectivity index (χ0) is 15.6. The first-order valence-electron chi connectivity index (χ1n) is 7.33. The van der Waals surface area contributed by atoms with Gasteiger partial charge in [-0.2, -0.15) is 4.98 Å². The molecule has 6 nitrogen and oxygen atoms in total. The van der Waals surface area contributed by atoms with Crippen molar-refractivity contribution >= 4 is 23.1 Å². The van der Waals surface area contributed by atoms with E-state index < -0.39 is 4.92 Å². The highest BCUT2D eigenvalue weighted by molar-refractivity contribution is 6.28. The fourth-order valence-corrected chi connectivity index (χ4v) is 3.16. The molecular weight excluding hydrogens is 292 g/mol. The van der Waals surface area contributed by atoms with E-state index in [2.05, 4.69) is 23.8 Å². The molecule has 0 spiro atoms. The Morgan fingerprint density at radius 2 is 2.05 bits per heavy atom. The fourth-order valence-electron chi connectivity index (χ4n) is 2.95. The van der Waals surface area contributed by atoms with Crippen molar-refractivity contribution < 1.29 is 4.92 Å². The van der Waals surface area contributed by atoms with Crippen LogP contribution in [0, 0.1) is 28.9 Å². The summed E-state index contributed by atoms with van der Waals surface area (Å²) in [5.41, 5.74) is 0.294. The van der Waals surface area contributed by atoms with Gasteiger partial charge in [-0.3, -0.25) is 10.1 Å². The molecule has 0 saturated carbocycles. The van der Waals surface area contributed by atoms with Gasteiger partial charge in [0.05, 0.1) is 4.92 Å². The number of anilines is 1. The van der Waals surface area contributed by atoms with E-state index in [9.17, 15) is 10.1 Å². The van der Waals surface area contributed by atoms with E-state index in [1.165, 1.54) is 0 Å². The molecule has 1 aromatic rings. The van der Waals surface area contributed by atoms with Gasteiger partial charge in [0.1, 0.15) is 5.69 Å². The molecule has 1 aliphatic heterocycles. The highest BCUT2D eigenvalue weighted by Crippen LogP contribution is 2.33. The maximum Gasteiger partial charge on any atom is 0.332 e. The van der Waals surface area contributed by atoms with Crippen molar-refractivity contribution in [2.75, 3.05) is 18.0 Å². The van der Waals surface area contributed by atoms with Crippen LogP contribution in [0.1, 0.15) is 38.8 Å². The number of nitro groups is 1. The lowest BCUT2D eigenvalue weighted by Crippen LogP contribution is -2.27. The van der Waals surface area contributed by atoms with Crippen molar-refractivity contribution in [1.82, 2.24) is 9.97 Å². The van der Waals surface area contributed by atoms with Crippen LogP contribution < -0.4 is 4.90 Å². The van der Waals surface area contributed by atoms with Crippen LogP contribution in [0.4, 0.5) is 11.5 Å². The van der Waals surface area contributed by atoms with Gasteiger partial charge in [0.25, 0.3) is 0 Å². The van der Waals surface area contributed by atoms with Gasteiger partial charge >= 0.3 is 5.69 Å². The van der Waals surface area contributed by atoms with Crippen molar-refractivity contribution in [1.29, 1.82) is 0 Å². The summed E-state index contributed by atoms with van der Waals surface area (Å²) in [6, 6.07) is 0. The van der Waals surface area contributed by atoms with Crippen LogP contribution >= 0.6 is 11.6 Å². The Morgan fingerprint density at radius 1 is 1.33 bits per heavy atom. The number of nitrogens with zero attached hydrogens (tertiary/aromatic N) is 4. The largest absolute Gasteiger partial charge is 0.351 e. The zero-order valence-corrected chi connectivity index (χ0v) is 13.4. The second kappa shape index (κ2) is 6.56. The third-order valence-corrected chi connectivity index (χ3v) is 4.38. The van der Waals surface area contributed by atoms with Gasteiger partial charge in [0.15, 0.2) is 0 Å². The lowest BCUT2D eigenvalue weighted by molar-refractivity contribution is -0.385. The summed E-state index contributed by atoms with van der Waals surface area (Å²) in [4.78, 5) is 20.9. The number of rotatable bonds is 3. The third-order valence-electron chi connectivity index (χ3n) is 4.21. The maximum absolute atomic E-state index is 11.3. The molecule has 2 rings (SSSR count). The Morgan fingerprint density at radius 3 is 2.67 bits per heavy atom. The molecule has 1 fully saturated rings. The van der Waals surface area contributed by atoms with Gasteiger partial charge in [0, 0.05) is 13.1 Å². The lowest BCUT2D eigenvalue weighted by Gasteiger charge is -2.22. The quantitative estimate of drug-likeness (QED) is 0.484. The highest BCUT2D eigenvalue weighted by atomic mass is 35.5. The van der Waals surface area contributed by atoms with E-state index in [1.807, 2.05) is 4.90 Å². The molecule has 1 unspecified atom stereocenters. The molecule has 0 radical (unpaired) electrons. The van der Waals surface area contributed by atoms with E-state index in [0.717, 1.165) is 32.4 Å². The monoisotopic (exact) mass is 312 g/mol. The van der Waals surface area contributed by atoms with Crippen molar-refractivity contribution in [3.8, 4) is 0 Å². The Hall–Kier alpha value is -1.43. The summed E-state index contributed by atoms with van der Waals surface area (Å²) in [5, 5.41) is 11.4. The van der Waals surface area contributed by atoms with Crippen LogP contribution in [0.2, 0.25) is 5.28 Å². The van der Waals surface area contributed by atoms with Gasteiger partial charge in [-0.15, -0.1) is 0 Å². The van der Waals surface area contributed by atoms with Crippen molar-refractivity contribution in [3.63, 3.8) is 0 Å². The smallest absolute Gasteiger partial charge is 0.332 e. The van der Waals surface area contributed by atoms with Gasteiger partial charge in [-0.25, -0.2) is 4.98 Å². The van der Waals surface area contributed by atoms with Crippen LogP contribution in [0.25, 0.3) is 0 Å². The first-order valence-corrected chi connectivity index (χ1v) is 7.71. The van der Waals surface area contributed by atoms with E-state index >= 15 is 0 Å². The van der Waals surface area contributed by atoms with Gasteiger partial charge < -0.3 is 4.90 Å². The molecule has 1 aliphatic rings. The number of aryl methyl sites for hydroxylation is 1. The van der Waals surface area contributed by atoms with Gasteiger partial charge in [0.2, 0.25) is 11.1 Å². The van der Waals surface area contributed by atoms with Crippen LogP contribution in [0.5, 0.6) is 0 Å². The molecule has 0 N–H and O–H groups in total. The maximum atomic E-state index is 11.3. The van der Waals surface area contributed by atoms with E-state index in [-0.39, 0.29) is 11.0 Å². The van der Waals surface area contributed by atoms with Crippen molar-refractivity contribution in [2.24, 2.45) is 11.8 Å². The SMILES string of the molecule is Cc1nc(Cl)nc(N2CCCC(C(C)C)CC2)c1[N+](=O)[O-]. The molecule has 1 atom stereocenters. The van der Waals surface area contributed by atoms with Crippen LogP contribution in [0.3, 0.4) is 0 Å². The predicted octanol–water partition coefficient (Wildman–Crippen LogP) is 3.61. The minimum absolute atomic E-state index is 0.0256. The first kappa shape index (κ1) is 15.9. The molecule has 7 heteroatoms. The number of hydrogen-bond acceptors (Lipinski definition) is 5. The van der Waals surface area contributed by atoms with Crippen LogP contribution in [-0.2, 0) is 0 Å². The minimum Gasteiger partial charge on any atom is -0.351 e. The number of hydrogen-bond donors (Lipinski definition) is 0. The van der Waals surface area contributed by atoms with Gasteiger partial charge in [-0.05, 0) is 49.6 Å². The molecule has 116 valence electrons. The van der Waals surface area contributed by atoms with E-state index in [0.29, 0.717) is 23.3 Å². The summed E-state index contributed by atoms with van der Waals surface area (Å²) in [7, 11) is 0. The summed E-state index contributed by atoms with van der Waals surface area (Å²) < 4.78 is 0. The molecular formula is C14H21ClN4O2. The average molecular weight is 313 g/mol. The average Bonchev–Trinajstić information content (AvgIpc) is 2.62. The normalized spacial score (nSPS) is 19.7. The highest BCUT2D eigenvalue weighted by Gasteiger charge is 2.28. The summed E-state index contributed by atoms with van der Waals surface area (Å²) in [6.07, 6.45) is 3.19. The molecule has 0 aromatic carbocycles. The molecule has 1 saturated heterocycles. The lowest BCUT2D eigenvalue weighted by atomic mass is 9.89. The number of aromatic nitrogens is 2. The van der Waals surface area contributed by atoms with Crippen molar-refractivity contribution in [2.45, 2.75) is 40.0 Å². The second-order valence-corrected chi connectivity index (χ2v) is 6.27. The zero-order valence-electron chi connectivity index (χ0n) is 12.7. The molecule has 0 bridgehead atoms. The van der Waals surface area contributed by atoms with Crippen molar-refractivity contribution in [3.05, 3.63) is 21.1 Å². The molecule has 1 aromatic heterocycles. The van der Waals surface area contributed by atoms with E-state index in [1.54, 1.807) is 6.92 Å². The minimum atomic E-state index is -0.411. The second-order valence-electron chi connectivity index (χ2n) is 5.93. The Kier molecular flexibility index (Phi) is 4.98. The molecule has 0 amide bonds. The van der Waals surface area contributed by atoms with E-state index in [4.69, 9.17) is 11.6 Å². The Labute approximate surface area is 129 Å². The first-order chi connectivity index (χ1) is 9.90. The van der Waals surface area contributed by atoms with Gasteiger partial charge in [-0.1, -0.05) is 13.8 Å². The standard InChI is InChI=1S/C14H21ClN4O2/c1-9(2)11-5-4-7-18(8-6-11)13-12(19(20)21)10(3)16-14(15)17-13/h9,11H,4-8H2,1-3H3. The predicted molar refractivity (Wildman–Crippen MR) is 82.8 cm³/mol. The summed E-state index contributed by atoms with van der Waals surface area (Å²) in [5.74, 6) is 1.66. The van der Waals surface area contributed by atoms with Crippen LogP contribution in [-0.4, -0.2) is 28.0 Å². The molecule has 2 heterocycles.